The lowest BCUT2D eigenvalue weighted by molar-refractivity contribution is -0.158. The predicted molar refractivity (Wildman–Crippen MR) is 192 cm³/mol. The van der Waals surface area contributed by atoms with Gasteiger partial charge in [0.05, 0.1) is 18.6 Å². The lowest BCUT2D eigenvalue weighted by Gasteiger charge is -2.39. The van der Waals surface area contributed by atoms with Crippen molar-refractivity contribution in [1.82, 2.24) is 20.4 Å². The molecule has 3 aliphatic rings. The Morgan fingerprint density at radius 3 is 2.08 bits per heavy atom. The second kappa shape index (κ2) is 18.3. The molecule has 50 heavy (non-hydrogen) atoms. The molecule has 0 bridgehead atoms. The molecule has 3 rings (SSSR count). The van der Waals surface area contributed by atoms with Crippen LogP contribution in [-0.4, -0.2) is 107 Å². The molecule has 13 nitrogen and oxygen atoms in total. The first kappa shape index (κ1) is 41.2. The summed E-state index contributed by atoms with van der Waals surface area (Å²) in [6.07, 6.45) is 10.3. The van der Waals surface area contributed by atoms with Crippen molar-refractivity contribution in [2.24, 2.45) is 4.99 Å². The first-order valence-electron chi connectivity index (χ1n) is 18.4. The van der Waals surface area contributed by atoms with E-state index in [1.165, 1.54) is 0 Å². The van der Waals surface area contributed by atoms with Gasteiger partial charge in [0.2, 0.25) is 11.9 Å². The highest BCUT2D eigenvalue weighted by atomic mass is 16.6. The van der Waals surface area contributed by atoms with Crippen molar-refractivity contribution in [3.63, 3.8) is 0 Å². The number of aliphatic imine (C=N–C) groups is 1. The van der Waals surface area contributed by atoms with Crippen LogP contribution in [-0.2, 0) is 28.5 Å². The van der Waals surface area contributed by atoms with Crippen LogP contribution in [0.5, 0.6) is 0 Å². The highest BCUT2D eigenvalue weighted by molar-refractivity contribution is 5.99. The lowest BCUT2D eigenvalue weighted by Crippen LogP contribution is -2.55. The number of piperidine rings is 2. The Bertz CT molecular complexity index is 1210. The standard InChI is InChI=1S/C37H63N5O8/c1-35(2,3)48-30(43)25-29(38-26-15-11-10-12-16-26)31(44)42-21-14-13-17-27(42)20-24-47-28-18-22-41(23-19-28)32(39-33(45)49-36(4,5)6)40-34(46)50-37(7,8)9/h10-11,26-29,38H,12-25H2,1-9H3,(H,39,40,45,46)/t26-,27+,29+/m1/s1. The number of amides is 3. The van der Waals surface area contributed by atoms with Gasteiger partial charge in [-0.2, -0.15) is 0 Å². The minimum absolute atomic E-state index is 0.00336. The quantitative estimate of drug-likeness (QED) is 0.0984. The molecule has 2 fully saturated rings. The SMILES string of the molecule is CC(C)(C)OC(=O)C[C@H](N[C@@H]1CC=CCC1)C(=O)N1CCCC[C@H]1CCOC1CCN(C(=NC(=O)OC(C)(C)C)NC(=O)OC(C)(C)C)CC1. The minimum Gasteiger partial charge on any atom is -0.460 e. The monoisotopic (exact) mass is 705 g/mol. The van der Waals surface area contributed by atoms with Gasteiger partial charge in [0.25, 0.3) is 0 Å². The Morgan fingerprint density at radius 1 is 0.820 bits per heavy atom. The summed E-state index contributed by atoms with van der Waals surface area (Å²) in [5.41, 5.74) is -2.08. The molecule has 13 heteroatoms. The van der Waals surface area contributed by atoms with Crippen molar-refractivity contribution >= 4 is 30.0 Å². The van der Waals surface area contributed by atoms with Crippen molar-refractivity contribution in [2.75, 3.05) is 26.2 Å². The first-order chi connectivity index (χ1) is 23.3. The third-order valence-electron chi connectivity index (χ3n) is 8.45. The van der Waals surface area contributed by atoms with Crippen molar-refractivity contribution in [3.05, 3.63) is 12.2 Å². The van der Waals surface area contributed by atoms with E-state index in [1.54, 1.807) is 41.5 Å². The fourth-order valence-corrected chi connectivity index (χ4v) is 6.34. The fourth-order valence-electron chi connectivity index (χ4n) is 6.34. The molecule has 0 spiro atoms. The Hall–Kier alpha value is -3.19. The Morgan fingerprint density at radius 2 is 1.48 bits per heavy atom. The van der Waals surface area contributed by atoms with Gasteiger partial charge in [0.15, 0.2) is 0 Å². The zero-order valence-electron chi connectivity index (χ0n) is 32.0. The molecule has 3 atom stereocenters. The summed E-state index contributed by atoms with van der Waals surface area (Å²) in [6, 6.07) is -0.475. The van der Waals surface area contributed by atoms with Gasteiger partial charge in [-0.3, -0.25) is 14.9 Å². The van der Waals surface area contributed by atoms with Gasteiger partial charge in [-0.15, -0.1) is 4.99 Å². The number of rotatable bonds is 9. The molecule has 0 unspecified atom stereocenters. The van der Waals surface area contributed by atoms with Gasteiger partial charge < -0.3 is 34.1 Å². The van der Waals surface area contributed by atoms with Gasteiger partial charge in [0, 0.05) is 38.3 Å². The van der Waals surface area contributed by atoms with Gasteiger partial charge in [0.1, 0.15) is 16.8 Å². The van der Waals surface area contributed by atoms with Crippen molar-refractivity contribution < 1.29 is 38.1 Å². The topological polar surface area (TPSA) is 148 Å². The molecule has 2 N–H and O–H groups in total. The van der Waals surface area contributed by atoms with Crippen LogP contribution in [0.15, 0.2) is 17.1 Å². The number of carbonyl (C=O) groups is 4. The van der Waals surface area contributed by atoms with E-state index in [9.17, 15) is 19.2 Å². The summed E-state index contributed by atoms with van der Waals surface area (Å²) < 4.78 is 22.7. The summed E-state index contributed by atoms with van der Waals surface area (Å²) in [5, 5.41) is 6.14. The smallest absolute Gasteiger partial charge is 0.437 e. The molecule has 284 valence electrons. The third kappa shape index (κ3) is 15.4. The number of allylic oxidation sites excluding steroid dienone is 1. The summed E-state index contributed by atoms with van der Waals surface area (Å²) >= 11 is 0. The van der Waals surface area contributed by atoms with Crippen LogP contribution in [0.25, 0.3) is 0 Å². The van der Waals surface area contributed by atoms with Crippen molar-refractivity contribution in [2.45, 2.75) is 168 Å². The molecule has 2 heterocycles. The molecule has 0 aromatic rings. The molecule has 2 saturated heterocycles. The zero-order valence-corrected chi connectivity index (χ0v) is 32.0. The van der Waals surface area contributed by atoms with E-state index in [0.29, 0.717) is 45.5 Å². The second-order valence-corrected chi connectivity index (χ2v) is 16.6. The van der Waals surface area contributed by atoms with Gasteiger partial charge in [-0.25, -0.2) is 9.59 Å². The Balaban J connectivity index is 1.58. The van der Waals surface area contributed by atoms with Crippen LogP contribution in [0.1, 0.15) is 127 Å². The van der Waals surface area contributed by atoms with Gasteiger partial charge in [-0.1, -0.05) is 12.2 Å². The predicted octanol–water partition coefficient (Wildman–Crippen LogP) is 5.85. The van der Waals surface area contributed by atoms with E-state index in [4.69, 9.17) is 18.9 Å². The number of nitrogens with one attached hydrogen (secondary N) is 2. The molecule has 3 amide bonds. The van der Waals surface area contributed by atoms with Crippen LogP contribution in [0.2, 0.25) is 0 Å². The molecule has 2 aliphatic heterocycles. The van der Waals surface area contributed by atoms with E-state index in [-0.39, 0.29) is 42.4 Å². The Kier molecular flexibility index (Phi) is 15.1. The number of ether oxygens (including phenoxy) is 4. The van der Waals surface area contributed by atoms with Crippen LogP contribution < -0.4 is 10.6 Å². The average molecular weight is 706 g/mol. The lowest BCUT2D eigenvalue weighted by atomic mass is 9.96. The summed E-state index contributed by atoms with van der Waals surface area (Å²) in [6.45, 7) is 18.2. The Labute approximate surface area is 299 Å². The maximum Gasteiger partial charge on any atom is 0.437 e. The third-order valence-corrected chi connectivity index (χ3v) is 8.45. The molecule has 1 aliphatic carbocycles. The van der Waals surface area contributed by atoms with E-state index in [1.807, 2.05) is 30.6 Å². The van der Waals surface area contributed by atoms with Crippen molar-refractivity contribution in [3.8, 4) is 0 Å². The van der Waals surface area contributed by atoms with Crippen LogP contribution in [0.4, 0.5) is 9.59 Å². The number of hydrogen-bond donors (Lipinski definition) is 2. The van der Waals surface area contributed by atoms with E-state index in [2.05, 4.69) is 27.8 Å². The zero-order chi connectivity index (χ0) is 37.1. The number of alkyl carbamates (subject to hydrolysis) is 1. The number of carbonyl (C=O) groups excluding carboxylic acids is 4. The normalized spacial score (nSPS) is 21.7. The van der Waals surface area contributed by atoms with Gasteiger partial charge >= 0.3 is 18.2 Å². The molecule has 0 aromatic carbocycles. The minimum atomic E-state index is -0.798. The maximum atomic E-state index is 14.1. The molecular weight excluding hydrogens is 642 g/mol. The molecule has 0 radical (unpaired) electrons. The highest BCUT2D eigenvalue weighted by Gasteiger charge is 2.35. The number of esters is 1. The first-order valence-corrected chi connectivity index (χ1v) is 18.4. The van der Waals surface area contributed by atoms with Crippen LogP contribution in [0, 0.1) is 0 Å². The molecule has 0 aromatic heterocycles. The second-order valence-electron chi connectivity index (χ2n) is 16.6. The summed E-state index contributed by atoms with van der Waals surface area (Å²) in [7, 11) is 0. The summed E-state index contributed by atoms with van der Waals surface area (Å²) in [5.74, 6) is -0.335. The summed E-state index contributed by atoms with van der Waals surface area (Å²) in [4.78, 5) is 59.9. The highest BCUT2D eigenvalue weighted by Crippen LogP contribution is 2.24. The molecular formula is C37H63N5O8. The van der Waals surface area contributed by atoms with Crippen molar-refractivity contribution in [1.29, 1.82) is 0 Å². The number of guanidine groups is 1. The number of likely N-dealkylation sites (tertiary alicyclic amines) is 2. The molecule has 0 saturated carbocycles. The number of hydrogen-bond acceptors (Lipinski definition) is 9. The van der Waals surface area contributed by atoms with Crippen LogP contribution in [0.3, 0.4) is 0 Å². The van der Waals surface area contributed by atoms with E-state index >= 15 is 0 Å². The maximum absolute atomic E-state index is 14.1. The van der Waals surface area contributed by atoms with E-state index < -0.39 is 35.0 Å². The number of nitrogens with zero attached hydrogens (tertiary/aromatic N) is 3. The van der Waals surface area contributed by atoms with Crippen LogP contribution >= 0.6 is 0 Å². The largest absolute Gasteiger partial charge is 0.460 e. The van der Waals surface area contributed by atoms with E-state index in [0.717, 1.165) is 38.5 Å². The van der Waals surface area contributed by atoms with Gasteiger partial charge in [-0.05, 0) is 120 Å². The average Bonchev–Trinajstić information content (AvgIpc) is 2.98. The fraction of sp³-hybridized carbons (Fsp3) is 0.811.